The molecule has 2 atom stereocenters. The molecule has 3 heterocycles. The Morgan fingerprint density at radius 1 is 0.435 bits per heavy atom. The number of unbranched alkanes of at least 4 members (excludes halogenated alkanes) is 17. The van der Waals surface area contributed by atoms with E-state index < -0.39 is 12.2 Å². The Morgan fingerprint density at radius 3 is 1.13 bits per heavy atom. The van der Waals surface area contributed by atoms with Crippen molar-refractivity contribution in [2.75, 3.05) is 46.1 Å². The van der Waals surface area contributed by atoms with Crippen molar-refractivity contribution in [3.05, 3.63) is 0 Å². The van der Waals surface area contributed by atoms with E-state index in [-0.39, 0.29) is 45.4 Å². The van der Waals surface area contributed by atoms with Crippen LogP contribution in [0.25, 0.3) is 0 Å². The monoisotopic (exact) mass is 979 g/mol. The van der Waals surface area contributed by atoms with Gasteiger partial charge in [0.25, 0.3) is 0 Å². The first-order chi connectivity index (χ1) is 32.4. The molecule has 2 unspecified atom stereocenters. The minimum Gasteiger partial charge on any atom is -0.389 e. The maximum Gasteiger partial charge on any atom is 0.0900 e. The van der Waals surface area contributed by atoms with Gasteiger partial charge < -0.3 is 19.7 Å². The predicted octanol–water partition coefficient (Wildman–Crippen LogP) is 13.8. The Kier molecular flexibility index (Phi) is 27.6. The second kappa shape index (κ2) is 30.2. The molecule has 2 N–H and O–H groups in total. The van der Waals surface area contributed by atoms with Crippen LogP contribution in [-0.2, 0) is 19.1 Å². The number of hydrogen-bond acceptors (Lipinski definition) is 10. The van der Waals surface area contributed by atoms with E-state index in [2.05, 4.69) is 124 Å². The van der Waals surface area contributed by atoms with Gasteiger partial charge in [0.05, 0.1) is 50.8 Å². The number of hydrogen-bond donors (Lipinski definition) is 2. The van der Waals surface area contributed by atoms with E-state index in [9.17, 15) is 10.2 Å². The lowest BCUT2D eigenvalue weighted by Gasteiger charge is -2.58. The van der Waals surface area contributed by atoms with Crippen LogP contribution in [0.5, 0.6) is 0 Å². The zero-order chi connectivity index (χ0) is 51.4. The van der Waals surface area contributed by atoms with Crippen molar-refractivity contribution < 1.29 is 29.4 Å². The van der Waals surface area contributed by atoms with Crippen molar-refractivity contribution >= 4 is 0 Å². The van der Waals surface area contributed by atoms with Crippen LogP contribution in [0.3, 0.4) is 0 Å². The van der Waals surface area contributed by atoms with Gasteiger partial charge >= 0.3 is 0 Å². The number of β-amino-alcohol motifs (C(OH)–C–C–N with tert-alkyl or cyclic N) is 1. The average Bonchev–Trinajstić information content (AvgIpc) is 3.24. The molecule has 3 saturated heterocycles. The summed E-state index contributed by atoms with van der Waals surface area (Å²) in [6.07, 6.45) is 30.3. The number of nitrogens with zero attached hydrogens (tertiary/aromatic N) is 4. The van der Waals surface area contributed by atoms with E-state index >= 15 is 0 Å². The molecule has 0 aromatic heterocycles. The molecule has 3 aliphatic rings. The first kappa shape index (κ1) is 62.9. The minimum absolute atomic E-state index is 0.0607. The standard InChI is InChI=1S/C59H118N4O6/c1-16-19-22-24-26-28-30-32-34-37-68-62-56(8,9)41-52(42-57(62,10)11)66-47-50(64)45-60(36-21-18-3)49-39-54(4,5)61(55(6,7)40-49)46-51(65)48-67-53-43-58(12,13)63(59(14,15)44-53)69-38-35-33-31-29-27-25-23-20-17-2/h49-53,64-65H,16-48H2,1-15H3. The van der Waals surface area contributed by atoms with Crippen LogP contribution < -0.4 is 0 Å². The number of likely N-dealkylation sites (tertiary alicyclic amines) is 1. The molecule has 0 amide bonds. The largest absolute Gasteiger partial charge is 0.389 e. The molecule has 0 saturated carbocycles. The van der Waals surface area contributed by atoms with Gasteiger partial charge in [-0.15, -0.1) is 0 Å². The van der Waals surface area contributed by atoms with Crippen molar-refractivity contribution in [3.63, 3.8) is 0 Å². The number of rotatable bonds is 36. The zero-order valence-electron chi connectivity index (χ0n) is 48.5. The van der Waals surface area contributed by atoms with E-state index in [4.69, 9.17) is 19.1 Å². The fourth-order valence-corrected chi connectivity index (χ4v) is 13.3. The molecule has 410 valence electrons. The number of ether oxygens (including phenoxy) is 2. The van der Waals surface area contributed by atoms with Crippen molar-refractivity contribution in [1.29, 1.82) is 0 Å². The molecule has 69 heavy (non-hydrogen) atoms. The Balaban J connectivity index is 1.47. The molecule has 10 heteroatoms. The lowest BCUT2D eigenvalue weighted by Crippen LogP contribution is -2.66. The van der Waals surface area contributed by atoms with Crippen molar-refractivity contribution in [3.8, 4) is 0 Å². The highest BCUT2D eigenvalue weighted by molar-refractivity contribution is 5.04. The lowest BCUT2D eigenvalue weighted by atomic mass is 9.76. The maximum atomic E-state index is 11.7. The Hall–Kier alpha value is -0.400. The minimum atomic E-state index is -0.587. The highest BCUT2D eigenvalue weighted by Gasteiger charge is 2.50. The first-order valence-electron chi connectivity index (χ1n) is 29.4. The summed E-state index contributed by atoms with van der Waals surface area (Å²) >= 11 is 0. The number of aliphatic hydroxyl groups excluding tert-OH is 2. The highest BCUT2D eigenvalue weighted by Crippen LogP contribution is 2.43. The van der Waals surface area contributed by atoms with Crippen molar-refractivity contribution in [2.24, 2.45) is 0 Å². The van der Waals surface area contributed by atoms with E-state index in [0.717, 1.165) is 84.0 Å². The van der Waals surface area contributed by atoms with Crippen LogP contribution in [0.15, 0.2) is 0 Å². The van der Waals surface area contributed by atoms with Crippen LogP contribution in [0.2, 0.25) is 0 Å². The first-order valence-corrected chi connectivity index (χ1v) is 29.4. The quantitative estimate of drug-likeness (QED) is 0.0592. The van der Waals surface area contributed by atoms with Crippen LogP contribution in [0, 0.1) is 0 Å². The zero-order valence-corrected chi connectivity index (χ0v) is 48.5. The molecular formula is C59H118N4O6. The van der Waals surface area contributed by atoms with Crippen LogP contribution >= 0.6 is 0 Å². The smallest absolute Gasteiger partial charge is 0.0900 e. The summed E-state index contributed by atoms with van der Waals surface area (Å²) in [5.74, 6) is 0. The van der Waals surface area contributed by atoms with Crippen LogP contribution in [-0.4, -0.2) is 140 Å². The topological polar surface area (TPSA) is 90.3 Å². The summed E-state index contributed by atoms with van der Waals surface area (Å²) in [6.45, 7) is 38.8. The third-order valence-electron chi connectivity index (χ3n) is 16.2. The third kappa shape index (κ3) is 21.8. The van der Waals surface area contributed by atoms with Gasteiger partial charge in [-0.05, 0) is 147 Å². The second-order valence-corrected chi connectivity index (χ2v) is 26.3. The molecule has 3 aliphatic heterocycles. The summed E-state index contributed by atoms with van der Waals surface area (Å²) in [6, 6.07) is 0.321. The molecule has 3 rings (SSSR count). The number of hydroxylamine groups is 4. The van der Waals surface area contributed by atoms with Gasteiger partial charge in [0, 0.05) is 52.4 Å². The van der Waals surface area contributed by atoms with Gasteiger partial charge in [-0.25, -0.2) is 0 Å². The Labute approximate surface area is 428 Å². The summed E-state index contributed by atoms with van der Waals surface area (Å²) in [7, 11) is 0. The molecule has 0 aromatic carbocycles. The fraction of sp³-hybridized carbons (Fsp3) is 1.00. The van der Waals surface area contributed by atoms with Crippen molar-refractivity contribution in [2.45, 2.75) is 334 Å². The summed E-state index contributed by atoms with van der Waals surface area (Å²) in [5, 5.41) is 27.8. The summed E-state index contributed by atoms with van der Waals surface area (Å²) in [4.78, 5) is 18.2. The summed E-state index contributed by atoms with van der Waals surface area (Å²) in [5.41, 5.74) is -0.968. The fourth-order valence-electron chi connectivity index (χ4n) is 13.3. The highest BCUT2D eigenvalue weighted by atomic mass is 16.7. The molecule has 0 aliphatic carbocycles. The third-order valence-corrected chi connectivity index (χ3v) is 16.2. The molecule has 10 nitrogen and oxygen atoms in total. The van der Waals surface area contributed by atoms with Gasteiger partial charge in [0.2, 0.25) is 0 Å². The van der Waals surface area contributed by atoms with Gasteiger partial charge in [-0.2, -0.15) is 10.1 Å². The van der Waals surface area contributed by atoms with E-state index in [1.165, 1.54) is 103 Å². The van der Waals surface area contributed by atoms with Gasteiger partial charge in [-0.3, -0.25) is 19.5 Å². The normalized spacial score (nSPS) is 23.2. The van der Waals surface area contributed by atoms with Gasteiger partial charge in [-0.1, -0.05) is 130 Å². The Bertz CT molecular complexity index is 1300. The lowest BCUT2D eigenvalue weighted by molar-refractivity contribution is -0.296. The molecule has 0 radical (unpaired) electrons. The molecule has 0 bridgehead atoms. The predicted molar refractivity (Wildman–Crippen MR) is 291 cm³/mol. The average molecular weight is 980 g/mol. The second-order valence-electron chi connectivity index (χ2n) is 26.3. The Morgan fingerprint density at radius 2 is 0.768 bits per heavy atom. The van der Waals surface area contributed by atoms with Crippen LogP contribution in [0.4, 0.5) is 0 Å². The molecule has 3 fully saturated rings. The summed E-state index contributed by atoms with van der Waals surface area (Å²) < 4.78 is 13.2. The van der Waals surface area contributed by atoms with E-state index in [1.54, 1.807) is 0 Å². The van der Waals surface area contributed by atoms with Gasteiger partial charge in [0.15, 0.2) is 0 Å². The maximum absolute atomic E-state index is 11.7. The van der Waals surface area contributed by atoms with Gasteiger partial charge in [0.1, 0.15) is 0 Å². The molecule has 0 spiro atoms. The van der Waals surface area contributed by atoms with E-state index in [0.29, 0.717) is 32.3 Å². The number of piperidine rings is 3. The van der Waals surface area contributed by atoms with E-state index in [1.807, 2.05) is 0 Å². The molecular weight excluding hydrogens is 861 g/mol. The SMILES string of the molecule is CCCCCCCCCCCON1C(C)(C)CC(OCC(O)CN(CCCC)C2CC(C)(C)N(CC(O)COC3CC(C)(C)N(OCCCCCCCCCCC)C(C)(C)C3)C(C)(C)C2)CC1(C)C. The van der Waals surface area contributed by atoms with Crippen molar-refractivity contribution in [1.82, 2.24) is 19.9 Å². The van der Waals surface area contributed by atoms with Crippen LogP contribution in [0.1, 0.15) is 271 Å². The molecule has 0 aromatic rings. The number of aliphatic hydroxyl groups is 2.